The van der Waals surface area contributed by atoms with Gasteiger partial charge >= 0.3 is 6.18 Å². The molecule has 1 fully saturated rings. The SMILES string of the molecule is Cc1c(N)cccc1CN(CC(F)(F)F)C1CC1. The van der Waals surface area contributed by atoms with Crippen molar-refractivity contribution in [3.63, 3.8) is 0 Å². The highest BCUT2D eigenvalue weighted by molar-refractivity contribution is 5.49. The maximum Gasteiger partial charge on any atom is 0.401 e. The third kappa shape index (κ3) is 3.38. The van der Waals surface area contributed by atoms with Gasteiger partial charge in [0.15, 0.2) is 0 Å². The van der Waals surface area contributed by atoms with Gasteiger partial charge in [0.1, 0.15) is 0 Å². The number of benzene rings is 1. The molecule has 0 unspecified atom stereocenters. The summed E-state index contributed by atoms with van der Waals surface area (Å²) >= 11 is 0. The van der Waals surface area contributed by atoms with Crippen LogP contribution in [0.25, 0.3) is 0 Å². The molecule has 0 amide bonds. The van der Waals surface area contributed by atoms with Gasteiger partial charge in [-0.15, -0.1) is 0 Å². The molecular formula is C13H17F3N2. The van der Waals surface area contributed by atoms with Crippen molar-refractivity contribution in [2.45, 2.75) is 38.5 Å². The molecule has 0 aromatic heterocycles. The molecule has 0 aliphatic heterocycles. The van der Waals surface area contributed by atoms with Crippen molar-refractivity contribution in [3.8, 4) is 0 Å². The fraction of sp³-hybridized carbons (Fsp3) is 0.538. The first-order valence-electron chi connectivity index (χ1n) is 6.01. The summed E-state index contributed by atoms with van der Waals surface area (Å²) in [4.78, 5) is 1.50. The summed E-state index contributed by atoms with van der Waals surface area (Å²) in [5.74, 6) is 0. The van der Waals surface area contributed by atoms with Crippen molar-refractivity contribution in [2.75, 3.05) is 12.3 Å². The van der Waals surface area contributed by atoms with Crippen molar-refractivity contribution in [2.24, 2.45) is 0 Å². The maximum atomic E-state index is 12.5. The first-order chi connectivity index (χ1) is 8.37. The first-order valence-corrected chi connectivity index (χ1v) is 6.01. The number of nitrogens with zero attached hydrogens (tertiary/aromatic N) is 1. The molecule has 18 heavy (non-hydrogen) atoms. The van der Waals surface area contributed by atoms with Crippen LogP contribution in [0.3, 0.4) is 0 Å². The van der Waals surface area contributed by atoms with E-state index < -0.39 is 12.7 Å². The smallest absolute Gasteiger partial charge is 0.399 e. The first kappa shape index (κ1) is 13.2. The summed E-state index contributed by atoms with van der Waals surface area (Å²) in [5, 5.41) is 0. The Morgan fingerprint density at radius 1 is 1.33 bits per heavy atom. The number of alkyl halides is 3. The molecule has 0 bridgehead atoms. The summed E-state index contributed by atoms with van der Waals surface area (Å²) in [5.41, 5.74) is 8.17. The van der Waals surface area contributed by atoms with Crippen molar-refractivity contribution < 1.29 is 13.2 Å². The number of hydrogen-bond acceptors (Lipinski definition) is 2. The van der Waals surface area contributed by atoms with Crippen LogP contribution in [0.5, 0.6) is 0 Å². The predicted octanol–water partition coefficient (Wildman–Crippen LogP) is 3.10. The Labute approximate surface area is 105 Å². The van der Waals surface area contributed by atoms with E-state index in [0.717, 1.165) is 24.0 Å². The topological polar surface area (TPSA) is 29.3 Å². The molecule has 1 aromatic carbocycles. The highest BCUT2D eigenvalue weighted by atomic mass is 19.4. The zero-order chi connectivity index (χ0) is 13.3. The Balaban J connectivity index is 2.11. The zero-order valence-corrected chi connectivity index (χ0v) is 10.3. The molecule has 2 nitrogen and oxygen atoms in total. The van der Waals surface area contributed by atoms with Crippen LogP contribution in [0.2, 0.25) is 0 Å². The van der Waals surface area contributed by atoms with Gasteiger partial charge < -0.3 is 5.73 Å². The molecule has 0 spiro atoms. The molecule has 1 aromatic rings. The predicted molar refractivity (Wildman–Crippen MR) is 65.1 cm³/mol. The largest absolute Gasteiger partial charge is 0.401 e. The van der Waals surface area contributed by atoms with Gasteiger partial charge in [-0.3, -0.25) is 4.90 Å². The number of rotatable bonds is 4. The van der Waals surface area contributed by atoms with Crippen LogP contribution in [0.1, 0.15) is 24.0 Å². The fourth-order valence-electron chi connectivity index (χ4n) is 2.08. The maximum absolute atomic E-state index is 12.5. The zero-order valence-electron chi connectivity index (χ0n) is 10.3. The third-order valence-corrected chi connectivity index (χ3v) is 3.31. The molecule has 0 radical (unpaired) electrons. The molecule has 0 atom stereocenters. The Morgan fingerprint density at radius 2 is 2.00 bits per heavy atom. The van der Waals surface area contributed by atoms with Gasteiger partial charge in [-0.25, -0.2) is 0 Å². The third-order valence-electron chi connectivity index (χ3n) is 3.31. The minimum absolute atomic E-state index is 0.0763. The molecule has 1 saturated carbocycles. The number of anilines is 1. The Bertz CT molecular complexity index is 425. The van der Waals surface area contributed by atoms with E-state index >= 15 is 0 Å². The van der Waals surface area contributed by atoms with Crippen LogP contribution in [-0.2, 0) is 6.54 Å². The number of nitrogen functional groups attached to an aromatic ring is 1. The normalized spacial score (nSPS) is 16.3. The lowest BCUT2D eigenvalue weighted by Gasteiger charge is -2.24. The van der Waals surface area contributed by atoms with E-state index in [1.54, 1.807) is 12.1 Å². The minimum atomic E-state index is -4.14. The van der Waals surface area contributed by atoms with E-state index in [2.05, 4.69) is 0 Å². The van der Waals surface area contributed by atoms with Crippen molar-refractivity contribution >= 4 is 5.69 Å². The molecule has 1 aliphatic carbocycles. The molecule has 5 heteroatoms. The van der Waals surface area contributed by atoms with Gasteiger partial charge in [-0.05, 0) is 37.0 Å². The molecular weight excluding hydrogens is 241 g/mol. The summed E-state index contributed by atoms with van der Waals surface area (Å²) in [6.07, 6.45) is -2.42. The van der Waals surface area contributed by atoms with E-state index in [9.17, 15) is 13.2 Å². The second-order valence-electron chi connectivity index (χ2n) is 4.88. The van der Waals surface area contributed by atoms with Crippen LogP contribution in [-0.4, -0.2) is 23.7 Å². The lowest BCUT2D eigenvalue weighted by atomic mass is 10.1. The van der Waals surface area contributed by atoms with Crippen molar-refractivity contribution in [1.82, 2.24) is 4.90 Å². The summed E-state index contributed by atoms with van der Waals surface area (Å²) < 4.78 is 37.5. The molecule has 0 heterocycles. The Kier molecular flexibility index (Phi) is 3.52. The van der Waals surface area contributed by atoms with E-state index in [4.69, 9.17) is 5.73 Å². The summed E-state index contributed by atoms with van der Waals surface area (Å²) in [7, 11) is 0. The quantitative estimate of drug-likeness (QED) is 0.841. The van der Waals surface area contributed by atoms with Gasteiger partial charge in [0, 0.05) is 18.3 Å². The molecule has 2 rings (SSSR count). The fourth-order valence-corrected chi connectivity index (χ4v) is 2.08. The summed E-state index contributed by atoms with van der Waals surface area (Å²) in [6.45, 7) is 1.33. The molecule has 0 saturated heterocycles. The van der Waals surface area contributed by atoms with Crippen molar-refractivity contribution in [3.05, 3.63) is 29.3 Å². The van der Waals surface area contributed by atoms with E-state index in [1.165, 1.54) is 4.90 Å². The highest BCUT2D eigenvalue weighted by Gasteiger charge is 2.38. The Morgan fingerprint density at radius 3 is 2.56 bits per heavy atom. The van der Waals surface area contributed by atoms with Crippen LogP contribution >= 0.6 is 0 Å². The van der Waals surface area contributed by atoms with Gasteiger partial charge in [-0.2, -0.15) is 13.2 Å². The monoisotopic (exact) mass is 258 g/mol. The lowest BCUT2D eigenvalue weighted by molar-refractivity contribution is -0.148. The number of halogens is 3. The second kappa shape index (κ2) is 4.80. The molecule has 2 N–H and O–H groups in total. The van der Waals surface area contributed by atoms with Gasteiger partial charge in [-0.1, -0.05) is 12.1 Å². The van der Waals surface area contributed by atoms with E-state index in [-0.39, 0.29) is 6.04 Å². The number of hydrogen-bond donors (Lipinski definition) is 1. The average molecular weight is 258 g/mol. The lowest BCUT2D eigenvalue weighted by Crippen LogP contribution is -2.35. The van der Waals surface area contributed by atoms with Crippen LogP contribution in [0, 0.1) is 6.92 Å². The molecule has 1 aliphatic rings. The van der Waals surface area contributed by atoms with Crippen LogP contribution in [0.4, 0.5) is 18.9 Å². The van der Waals surface area contributed by atoms with Gasteiger partial charge in [0.05, 0.1) is 6.54 Å². The minimum Gasteiger partial charge on any atom is -0.399 e. The highest BCUT2D eigenvalue weighted by Crippen LogP contribution is 2.32. The van der Waals surface area contributed by atoms with Crippen LogP contribution in [0.15, 0.2) is 18.2 Å². The number of nitrogens with two attached hydrogens (primary N) is 1. The average Bonchev–Trinajstić information content (AvgIpc) is 3.05. The van der Waals surface area contributed by atoms with E-state index in [1.807, 2.05) is 13.0 Å². The van der Waals surface area contributed by atoms with Crippen molar-refractivity contribution in [1.29, 1.82) is 0 Å². The second-order valence-corrected chi connectivity index (χ2v) is 4.88. The van der Waals surface area contributed by atoms with E-state index in [0.29, 0.717) is 12.2 Å². The van der Waals surface area contributed by atoms with Gasteiger partial charge in [0.25, 0.3) is 0 Å². The Hall–Kier alpha value is -1.23. The molecule has 100 valence electrons. The standard InChI is InChI=1S/C13H17F3N2/c1-9-10(3-2-4-12(9)17)7-18(11-5-6-11)8-13(14,15)16/h2-4,11H,5-8,17H2,1H3. The van der Waals surface area contributed by atoms with Crippen LogP contribution < -0.4 is 5.73 Å². The van der Waals surface area contributed by atoms with Gasteiger partial charge in [0.2, 0.25) is 0 Å². The summed E-state index contributed by atoms with van der Waals surface area (Å²) in [6, 6.07) is 5.48.